The lowest BCUT2D eigenvalue weighted by molar-refractivity contribution is -0.105. The van der Waals surface area contributed by atoms with Crippen LogP contribution in [0.25, 0.3) is 0 Å². The average molecular weight is 437 g/mol. The van der Waals surface area contributed by atoms with E-state index in [1.807, 2.05) is 85.8 Å². The van der Waals surface area contributed by atoms with E-state index in [1.54, 1.807) is 0 Å². The van der Waals surface area contributed by atoms with Crippen LogP contribution in [0.3, 0.4) is 0 Å². The van der Waals surface area contributed by atoms with Crippen LogP contribution >= 0.6 is 0 Å². The Kier molecular flexibility index (Phi) is 11.6. The number of benzene rings is 3. The summed E-state index contributed by atoms with van der Waals surface area (Å²) in [5.74, 6) is 0.752. The van der Waals surface area contributed by atoms with Crippen molar-refractivity contribution in [3.63, 3.8) is 0 Å². The zero-order chi connectivity index (χ0) is 23.0. The van der Waals surface area contributed by atoms with Gasteiger partial charge >= 0.3 is 0 Å². The molecule has 0 aliphatic heterocycles. The molecule has 3 rings (SSSR count). The Hall–Kier alpha value is -3.19. The van der Waals surface area contributed by atoms with E-state index in [9.17, 15) is 9.90 Å². The van der Waals surface area contributed by atoms with E-state index in [0.29, 0.717) is 13.0 Å². The number of amides is 1. The number of rotatable bonds is 11. The first-order chi connectivity index (χ1) is 15.6. The molecule has 0 aliphatic rings. The predicted molar refractivity (Wildman–Crippen MR) is 128 cm³/mol. The van der Waals surface area contributed by atoms with Crippen molar-refractivity contribution in [1.82, 2.24) is 5.32 Å². The normalized spacial score (nSPS) is 11.1. The molecule has 3 aromatic rings. The maximum atomic E-state index is 10.0. The van der Waals surface area contributed by atoms with Gasteiger partial charge in [0.25, 0.3) is 0 Å². The Morgan fingerprint density at radius 3 is 2.38 bits per heavy atom. The third-order valence-electron chi connectivity index (χ3n) is 4.64. The van der Waals surface area contributed by atoms with Crippen molar-refractivity contribution in [3.05, 3.63) is 95.6 Å². The van der Waals surface area contributed by atoms with Crippen molar-refractivity contribution in [1.29, 1.82) is 0 Å². The summed E-state index contributed by atoms with van der Waals surface area (Å²) in [6, 6.07) is 25.0. The van der Waals surface area contributed by atoms with Gasteiger partial charge in [0.15, 0.2) is 0 Å². The molecule has 0 bridgehead atoms. The zero-order valence-electron chi connectivity index (χ0n) is 18.4. The summed E-state index contributed by atoms with van der Waals surface area (Å²) in [6.45, 7) is 3.85. The first kappa shape index (κ1) is 25.1. The van der Waals surface area contributed by atoms with Crippen molar-refractivity contribution in [2.75, 3.05) is 31.6 Å². The van der Waals surface area contributed by atoms with Crippen molar-refractivity contribution < 1.29 is 19.7 Å². The Bertz CT molecular complexity index is 901. The van der Waals surface area contributed by atoms with E-state index in [2.05, 4.69) is 10.6 Å². The topological polar surface area (TPSA) is 90.8 Å². The molecule has 170 valence electrons. The fraction of sp³-hybridized carbons (Fsp3) is 0.269. The minimum absolute atomic E-state index is 0.163. The van der Waals surface area contributed by atoms with Gasteiger partial charge in [0, 0.05) is 12.2 Å². The molecule has 4 N–H and O–H groups in total. The van der Waals surface area contributed by atoms with Gasteiger partial charge in [-0.25, -0.2) is 0 Å². The summed E-state index contributed by atoms with van der Waals surface area (Å²) < 4.78 is 5.62. The third-order valence-corrected chi connectivity index (χ3v) is 4.64. The highest BCUT2D eigenvalue weighted by Gasteiger charge is 2.07. The van der Waals surface area contributed by atoms with Gasteiger partial charge in [-0.2, -0.15) is 0 Å². The summed E-state index contributed by atoms with van der Waals surface area (Å²) in [5.41, 5.74) is 4.05. The van der Waals surface area contributed by atoms with Gasteiger partial charge in [-0.15, -0.1) is 0 Å². The lowest BCUT2D eigenvalue weighted by atomic mass is 10.1. The standard InChI is InChI=1S/C18H23NO3.C8H9NO/c20-13-12-19-11-10-15-6-8-17(9-7-15)22-14-18(21)16-4-2-1-3-5-16;1-7-3-2-4-8(5-7)9-6-10/h1-9,18-21H,10-14H2;2-6H,1H3,(H,9,10). The number of ether oxygens (including phenoxy) is 1. The maximum absolute atomic E-state index is 10.0. The molecule has 0 saturated carbocycles. The SMILES string of the molecule is Cc1cccc(NC=O)c1.OCCNCCc1ccc(OCC(O)c2ccccc2)cc1. The largest absolute Gasteiger partial charge is 0.491 e. The molecule has 32 heavy (non-hydrogen) atoms. The number of anilines is 1. The van der Waals surface area contributed by atoms with Crippen LogP contribution in [0.2, 0.25) is 0 Å². The van der Waals surface area contributed by atoms with Crippen LogP contribution in [0.1, 0.15) is 22.8 Å². The van der Waals surface area contributed by atoms with Gasteiger partial charge in [-0.1, -0.05) is 54.6 Å². The molecule has 0 aliphatic carbocycles. The number of carbonyl (C=O) groups excluding carboxylic acids is 1. The molecule has 0 saturated heterocycles. The molecule has 3 aromatic carbocycles. The fourth-order valence-corrected chi connectivity index (χ4v) is 2.94. The molecule has 0 aromatic heterocycles. The summed E-state index contributed by atoms with van der Waals surface area (Å²) in [7, 11) is 0. The van der Waals surface area contributed by atoms with Crippen LogP contribution < -0.4 is 15.4 Å². The highest BCUT2D eigenvalue weighted by Crippen LogP contribution is 2.17. The van der Waals surface area contributed by atoms with Crippen LogP contribution in [0.15, 0.2) is 78.9 Å². The first-order valence-electron chi connectivity index (χ1n) is 10.7. The molecule has 1 amide bonds. The predicted octanol–water partition coefficient (Wildman–Crippen LogP) is 3.49. The lowest BCUT2D eigenvalue weighted by Crippen LogP contribution is -2.20. The van der Waals surface area contributed by atoms with Gasteiger partial charge in [-0.3, -0.25) is 4.79 Å². The maximum Gasteiger partial charge on any atom is 0.211 e. The van der Waals surface area contributed by atoms with Gasteiger partial charge in [0.2, 0.25) is 6.41 Å². The summed E-state index contributed by atoms with van der Waals surface area (Å²) >= 11 is 0. The summed E-state index contributed by atoms with van der Waals surface area (Å²) in [5, 5.41) is 24.4. The monoisotopic (exact) mass is 436 g/mol. The molecule has 0 radical (unpaired) electrons. The number of carbonyl (C=O) groups is 1. The number of hydrogen-bond acceptors (Lipinski definition) is 5. The van der Waals surface area contributed by atoms with E-state index in [4.69, 9.17) is 9.84 Å². The molecule has 1 atom stereocenters. The van der Waals surface area contributed by atoms with E-state index < -0.39 is 6.10 Å². The lowest BCUT2D eigenvalue weighted by Gasteiger charge is -2.13. The van der Waals surface area contributed by atoms with Gasteiger partial charge in [0.1, 0.15) is 18.5 Å². The Morgan fingerprint density at radius 2 is 1.72 bits per heavy atom. The van der Waals surface area contributed by atoms with Crippen LogP contribution in [-0.2, 0) is 11.2 Å². The van der Waals surface area contributed by atoms with Crippen LogP contribution in [-0.4, -0.2) is 42.9 Å². The summed E-state index contributed by atoms with van der Waals surface area (Å²) in [6.07, 6.45) is 0.963. The molecule has 0 heterocycles. The smallest absolute Gasteiger partial charge is 0.211 e. The van der Waals surface area contributed by atoms with Crippen LogP contribution in [0.4, 0.5) is 5.69 Å². The second-order valence-corrected chi connectivity index (χ2v) is 7.24. The second kappa shape index (κ2) is 14.8. The Morgan fingerprint density at radius 1 is 0.969 bits per heavy atom. The first-order valence-corrected chi connectivity index (χ1v) is 10.7. The second-order valence-electron chi connectivity index (χ2n) is 7.24. The molecule has 6 heteroatoms. The molecule has 0 spiro atoms. The van der Waals surface area contributed by atoms with Gasteiger partial charge in [0.05, 0.1) is 6.61 Å². The van der Waals surface area contributed by atoms with Crippen molar-refractivity contribution in [2.24, 2.45) is 0 Å². The molecule has 0 fully saturated rings. The number of aliphatic hydroxyl groups excluding tert-OH is 2. The number of aliphatic hydroxyl groups is 2. The molecular formula is C26H32N2O4. The average Bonchev–Trinajstić information content (AvgIpc) is 2.82. The highest BCUT2D eigenvalue weighted by atomic mass is 16.5. The van der Waals surface area contributed by atoms with E-state index in [-0.39, 0.29) is 13.2 Å². The minimum atomic E-state index is -0.622. The van der Waals surface area contributed by atoms with Crippen molar-refractivity contribution >= 4 is 12.1 Å². The van der Waals surface area contributed by atoms with E-state index in [0.717, 1.165) is 35.5 Å². The Balaban J connectivity index is 0.000000303. The molecular weight excluding hydrogens is 404 g/mol. The minimum Gasteiger partial charge on any atom is -0.491 e. The Labute approximate surface area is 189 Å². The van der Waals surface area contributed by atoms with Crippen molar-refractivity contribution in [3.8, 4) is 5.75 Å². The fourth-order valence-electron chi connectivity index (χ4n) is 2.94. The molecule has 6 nitrogen and oxygen atoms in total. The van der Waals surface area contributed by atoms with Gasteiger partial charge in [-0.05, 0) is 60.8 Å². The number of hydrogen-bond donors (Lipinski definition) is 4. The van der Waals surface area contributed by atoms with Crippen molar-refractivity contribution in [2.45, 2.75) is 19.4 Å². The zero-order valence-corrected chi connectivity index (χ0v) is 18.4. The van der Waals surface area contributed by atoms with Crippen LogP contribution in [0.5, 0.6) is 5.75 Å². The van der Waals surface area contributed by atoms with Crippen LogP contribution in [0, 0.1) is 6.92 Å². The molecule has 1 unspecified atom stereocenters. The summed E-state index contributed by atoms with van der Waals surface area (Å²) in [4.78, 5) is 9.97. The van der Waals surface area contributed by atoms with E-state index in [1.165, 1.54) is 5.56 Å². The van der Waals surface area contributed by atoms with E-state index >= 15 is 0 Å². The number of nitrogens with one attached hydrogen (secondary N) is 2. The highest BCUT2D eigenvalue weighted by molar-refractivity contribution is 5.71. The third kappa shape index (κ3) is 9.75. The quantitative estimate of drug-likeness (QED) is 0.273. The van der Waals surface area contributed by atoms with Gasteiger partial charge < -0.3 is 25.6 Å². The number of aryl methyl sites for hydroxylation is 1.